The Morgan fingerprint density at radius 2 is 1.93 bits per heavy atom. The van der Waals surface area contributed by atoms with Gasteiger partial charge in [-0.05, 0) is 56.0 Å². The molecule has 2 heterocycles. The fourth-order valence-corrected chi connectivity index (χ4v) is 4.36. The van der Waals surface area contributed by atoms with Crippen molar-refractivity contribution in [3.8, 4) is 28.8 Å². The van der Waals surface area contributed by atoms with E-state index in [1.165, 1.54) is 18.2 Å². The van der Waals surface area contributed by atoms with Crippen LogP contribution in [-0.2, 0) is 0 Å². The molecular formula is C29H25F4N5O2. The number of fused-ring (bicyclic) bond motifs is 1. The molecule has 1 amide bonds. The molecule has 0 aliphatic heterocycles. The third kappa shape index (κ3) is 5.71. The quantitative estimate of drug-likeness (QED) is 0.238. The number of nitriles is 1. The molecule has 2 aromatic heterocycles. The van der Waals surface area contributed by atoms with Gasteiger partial charge in [0.2, 0.25) is 0 Å². The Balaban J connectivity index is 1.51. The van der Waals surface area contributed by atoms with Gasteiger partial charge in [0.25, 0.3) is 5.91 Å². The molecular weight excluding hydrogens is 526 g/mol. The molecule has 11 heteroatoms. The summed E-state index contributed by atoms with van der Waals surface area (Å²) in [6.07, 6.45) is -0.951. The summed E-state index contributed by atoms with van der Waals surface area (Å²) in [5, 5.41) is 14.9. The van der Waals surface area contributed by atoms with Gasteiger partial charge >= 0.3 is 6.18 Å². The molecule has 0 atom stereocenters. The SMILES string of the molecule is Cc1ccc(F)cc1Oc1cc(NCCC(F)(F)F)c2ncc(-c3ccc(C(=O)NC4(C#N)CC4)c(C)c3)n2c1. The van der Waals surface area contributed by atoms with E-state index < -0.39 is 24.0 Å². The molecule has 0 bridgehead atoms. The number of carbonyl (C=O) groups excluding carboxylic acids is 1. The van der Waals surface area contributed by atoms with E-state index in [1.807, 2.05) is 0 Å². The van der Waals surface area contributed by atoms with E-state index in [4.69, 9.17) is 4.74 Å². The number of anilines is 1. The lowest BCUT2D eigenvalue weighted by Crippen LogP contribution is -2.35. The number of ether oxygens (including phenoxy) is 1. The van der Waals surface area contributed by atoms with Crippen molar-refractivity contribution in [2.45, 2.75) is 44.8 Å². The molecule has 1 aliphatic carbocycles. The number of nitrogens with zero attached hydrogens (tertiary/aromatic N) is 3. The van der Waals surface area contributed by atoms with Crippen LogP contribution < -0.4 is 15.4 Å². The van der Waals surface area contributed by atoms with Gasteiger partial charge in [-0.3, -0.25) is 9.20 Å². The molecule has 40 heavy (non-hydrogen) atoms. The number of hydrogen-bond acceptors (Lipinski definition) is 5. The first kappa shape index (κ1) is 27.0. The van der Waals surface area contributed by atoms with Crippen molar-refractivity contribution in [2.75, 3.05) is 11.9 Å². The molecule has 0 spiro atoms. The average Bonchev–Trinajstić information content (AvgIpc) is 3.53. The van der Waals surface area contributed by atoms with Gasteiger partial charge in [-0.15, -0.1) is 0 Å². The van der Waals surface area contributed by atoms with E-state index in [1.54, 1.807) is 54.9 Å². The topological polar surface area (TPSA) is 91.4 Å². The molecule has 1 fully saturated rings. The Morgan fingerprint density at radius 1 is 1.15 bits per heavy atom. The van der Waals surface area contributed by atoms with Crippen LogP contribution in [0.4, 0.5) is 23.2 Å². The second-order valence-corrected chi connectivity index (χ2v) is 9.91. The highest BCUT2D eigenvalue weighted by molar-refractivity contribution is 5.97. The Kier molecular flexibility index (Phi) is 6.87. The van der Waals surface area contributed by atoms with Gasteiger partial charge in [-0.2, -0.15) is 18.4 Å². The molecule has 2 N–H and O–H groups in total. The molecule has 2 aromatic carbocycles. The molecule has 4 aromatic rings. The summed E-state index contributed by atoms with van der Waals surface area (Å²) in [5.74, 6) is -0.303. The number of aryl methyl sites for hydroxylation is 2. The van der Waals surface area contributed by atoms with Gasteiger partial charge < -0.3 is 15.4 Å². The predicted molar refractivity (Wildman–Crippen MR) is 141 cm³/mol. The number of aromatic nitrogens is 2. The molecule has 0 saturated heterocycles. The summed E-state index contributed by atoms with van der Waals surface area (Å²) in [4.78, 5) is 17.2. The highest BCUT2D eigenvalue weighted by atomic mass is 19.4. The van der Waals surface area contributed by atoms with Crippen molar-refractivity contribution in [1.82, 2.24) is 14.7 Å². The maximum atomic E-state index is 13.9. The summed E-state index contributed by atoms with van der Waals surface area (Å²) >= 11 is 0. The van der Waals surface area contributed by atoms with E-state index in [-0.39, 0.29) is 24.0 Å². The average molecular weight is 552 g/mol. The smallest absolute Gasteiger partial charge is 0.390 e. The fourth-order valence-electron chi connectivity index (χ4n) is 4.36. The van der Waals surface area contributed by atoms with Crippen LogP contribution in [-0.4, -0.2) is 33.6 Å². The highest BCUT2D eigenvalue weighted by Gasteiger charge is 2.44. The lowest BCUT2D eigenvalue weighted by Gasteiger charge is -2.15. The maximum Gasteiger partial charge on any atom is 0.390 e. The van der Waals surface area contributed by atoms with Crippen LogP contribution in [0.2, 0.25) is 0 Å². The lowest BCUT2D eigenvalue weighted by molar-refractivity contribution is -0.131. The number of carbonyl (C=O) groups is 1. The van der Waals surface area contributed by atoms with Crippen molar-refractivity contribution in [1.29, 1.82) is 5.26 Å². The summed E-state index contributed by atoms with van der Waals surface area (Å²) < 4.78 is 60.0. The Morgan fingerprint density at radius 3 is 2.60 bits per heavy atom. The Labute approximate surface area is 227 Å². The fraction of sp³-hybridized carbons (Fsp3) is 0.276. The van der Waals surface area contributed by atoms with Crippen molar-refractivity contribution < 1.29 is 27.1 Å². The second kappa shape index (κ2) is 10.2. The van der Waals surface area contributed by atoms with Crippen molar-refractivity contribution in [3.63, 3.8) is 0 Å². The minimum atomic E-state index is -4.34. The van der Waals surface area contributed by atoms with Crippen LogP contribution >= 0.6 is 0 Å². The minimum absolute atomic E-state index is 0.258. The van der Waals surface area contributed by atoms with Crippen LogP contribution in [0, 0.1) is 31.0 Å². The largest absolute Gasteiger partial charge is 0.455 e. The van der Waals surface area contributed by atoms with E-state index in [0.29, 0.717) is 52.1 Å². The molecule has 206 valence electrons. The first-order valence-electron chi connectivity index (χ1n) is 12.6. The third-order valence-corrected chi connectivity index (χ3v) is 6.77. The zero-order valence-corrected chi connectivity index (χ0v) is 21.7. The van der Waals surface area contributed by atoms with Crippen molar-refractivity contribution >= 4 is 17.2 Å². The molecule has 7 nitrogen and oxygen atoms in total. The van der Waals surface area contributed by atoms with Crippen LogP contribution in [0.25, 0.3) is 16.9 Å². The predicted octanol–water partition coefficient (Wildman–Crippen LogP) is 6.70. The van der Waals surface area contributed by atoms with Crippen LogP contribution in [0.5, 0.6) is 11.5 Å². The van der Waals surface area contributed by atoms with Crippen molar-refractivity contribution in [3.05, 3.63) is 77.4 Å². The number of nitrogens with one attached hydrogen (secondary N) is 2. The zero-order valence-electron chi connectivity index (χ0n) is 21.7. The number of imidazole rings is 1. The van der Waals surface area contributed by atoms with Crippen LogP contribution in [0.1, 0.15) is 40.7 Å². The van der Waals surface area contributed by atoms with Crippen LogP contribution in [0.3, 0.4) is 0 Å². The molecule has 0 radical (unpaired) electrons. The first-order valence-corrected chi connectivity index (χ1v) is 12.6. The standard InChI is InChI=1S/C29H25F4N5O2/c1-17-3-5-20(30)12-25(17)40-21-13-23(35-10-9-29(31,32)33)26-36-14-24(38(26)15-21)19-4-6-22(18(2)11-19)27(39)37-28(16-34)7-8-28/h3-6,11-15,35H,7-10H2,1-2H3,(H,37,39). The first-order chi connectivity index (χ1) is 19.0. The molecule has 0 unspecified atom stereocenters. The van der Waals surface area contributed by atoms with Gasteiger partial charge in [-0.25, -0.2) is 9.37 Å². The maximum absolute atomic E-state index is 13.9. The number of amides is 1. The van der Waals surface area contributed by atoms with E-state index in [9.17, 15) is 27.6 Å². The molecule has 5 rings (SSSR count). The number of alkyl halides is 3. The molecule has 1 aliphatic rings. The van der Waals surface area contributed by atoms with E-state index in [0.717, 1.165) is 0 Å². The summed E-state index contributed by atoms with van der Waals surface area (Å²) in [6, 6.07) is 13.0. The van der Waals surface area contributed by atoms with E-state index in [2.05, 4.69) is 21.7 Å². The number of benzene rings is 2. The monoisotopic (exact) mass is 551 g/mol. The van der Waals surface area contributed by atoms with Crippen molar-refractivity contribution in [2.24, 2.45) is 0 Å². The molecule has 1 saturated carbocycles. The minimum Gasteiger partial charge on any atom is -0.455 e. The highest BCUT2D eigenvalue weighted by Crippen LogP contribution is 2.36. The number of pyridine rings is 1. The second-order valence-electron chi connectivity index (χ2n) is 9.91. The lowest BCUT2D eigenvalue weighted by atomic mass is 10.0. The van der Waals surface area contributed by atoms with Gasteiger partial charge in [-0.1, -0.05) is 12.1 Å². The number of halogens is 4. The number of hydrogen-bond donors (Lipinski definition) is 2. The summed E-state index contributed by atoms with van der Waals surface area (Å²) in [5.41, 5.74) is 2.95. The Hall–Kier alpha value is -4.59. The summed E-state index contributed by atoms with van der Waals surface area (Å²) in [7, 11) is 0. The van der Waals surface area contributed by atoms with Crippen LogP contribution in [0.15, 0.2) is 54.9 Å². The normalized spacial score (nSPS) is 14.0. The van der Waals surface area contributed by atoms with Gasteiger partial charge in [0, 0.05) is 29.8 Å². The Bertz CT molecular complexity index is 1650. The van der Waals surface area contributed by atoms with Gasteiger partial charge in [0.1, 0.15) is 22.9 Å². The summed E-state index contributed by atoms with van der Waals surface area (Å²) in [6.45, 7) is 3.15. The third-order valence-electron chi connectivity index (χ3n) is 6.77. The number of rotatable bonds is 8. The van der Waals surface area contributed by atoms with Gasteiger partial charge in [0.05, 0.1) is 36.3 Å². The zero-order chi connectivity index (χ0) is 28.7. The van der Waals surface area contributed by atoms with Gasteiger partial charge in [0.15, 0.2) is 5.65 Å². The van der Waals surface area contributed by atoms with E-state index >= 15 is 0 Å².